The predicted octanol–water partition coefficient (Wildman–Crippen LogP) is -0.0833. The van der Waals surface area contributed by atoms with Crippen molar-refractivity contribution in [1.82, 2.24) is 14.2 Å². The zero-order valence-corrected chi connectivity index (χ0v) is 13.9. The van der Waals surface area contributed by atoms with E-state index in [1.807, 2.05) is 13.8 Å². The topological polar surface area (TPSA) is 97.4 Å². The molecule has 0 aliphatic carbocycles. The molecule has 2 rings (SSSR count). The number of primary amides is 1. The van der Waals surface area contributed by atoms with Crippen LogP contribution in [0.25, 0.3) is 0 Å². The lowest BCUT2D eigenvalue weighted by molar-refractivity contribution is 0.0992. The van der Waals surface area contributed by atoms with Gasteiger partial charge in [-0.05, 0) is 19.9 Å². The van der Waals surface area contributed by atoms with Crippen LogP contribution in [0, 0.1) is 0 Å². The highest BCUT2D eigenvalue weighted by Crippen LogP contribution is 2.22. The average Bonchev–Trinajstić information content (AvgIpc) is 2.75. The first kappa shape index (κ1) is 18.0. The van der Waals surface area contributed by atoms with Gasteiger partial charge in [-0.25, -0.2) is 8.42 Å². The van der Waals surface area contributed by atoms with E-state index < -0.39 is 15.9 Å². The van der Waals surface area contributed by atoms with Crippen molar-refractivity contribution in [1.29, 1.82) is 0 Å². The summed E-state index contributed by atoms with van der Waals surface area (Å²) in [5.41, 5.74) is 5.40. The number of nitrogens with one attached hydrogen (secondary N) is 1. The Morgan fingerprint density at radius 2 is 2.05 bits per heavy atom. The van der Waals surface area contributed by atoms with E-state index in [1.165, 1.54) is 21.1 Å². The fraction of sp³-hybridized carbons (Fsp3) is 0.583. The Morgan fingerprint density at radius 3 is 2.57 bits per heavy atom. The number of carbonyl (C=O) groups excluding carboxylic acids is 1. The Labute approximate surface area is 130 Å². The number of hydrogen-bond donors (Lipinski definition) is 2. The number of hydrogen-bond acceptors (Lipinski definition) is 4. The number of amides is 1. The van der Waals surface area contributed by atoms with Gasteiger partial charge in [-0.2, -0.15) is 4.31 Å². The SMILES string of the molecule is CC1NCCN(S(=O)(=O)c2cc(C(N)=O)n(C)c2)C1C.Cl. The molecule has 1 aliphatic rings. The number of piperazine rings is 1. The Balaban J connectivity index is 0.00000220. The number of carbonyl (C=O) groups is 1. The molecular weight excluding hydrogens is 316 g/mol. The number of sulfonamides is 1. The molecule has 1 aromatic heterocycles. The molecule has 2 atom stereocenters. The molecule has 3 N–H and O–H groups in total. The third kappa shape index (κ3) is 3.23. The fourth-order valence-corrected chi connectivity index (χ4v) is 4.20. The smallest absolute Gasteiger partial charge is 0.265 e. The molecule has 2 unspecified atom stereocenters. The van der Waals surface area contributed by atoms with Gasteiger partial charge in [-0.1, -0.05) is 0 Å². The van der Waals surface area contributed by atoms with Crippen LogP contribution >= 0.6 is 12.4 Å². The van der Waals surface area contributed by atoms with Gasteiger partial charge in [0.2, 0.25) is 10.0 Å². The van der Waals surface area contributed by atoms with Crippen LogP contribution in [0.1, 0.15) is 24.3 Å². The first-order valence-electron chi connectivity index (χ1n) is 6.46. The van der Waals surface area contributed by atoms with Gasteiger partial charge in [0, 0.05) is 38.4 Å². The molecule has 1 saturated heterocycles. The molecule has 0 aromatic carbocycles. The molecule has 1 amide bonds. The van der Waals surface area contributed by atoms with Gasteiger partial charge in [-0.3, -0.25) is 4.79 Å². The summed E-state index contributed by atoms with van der Waals surface area (Å²) < 4.78 is 28.2. The van der Waals surface area contributed by atoms with E-state index in [1.54, 1.807) is 7.05 Å². The summed E-state index contributed by atoms with van der Waals surface area (Å²) in [7, 11) is -2.01. The molecule has 1 aliphatic heterocycles. The minimum absolute atomic E-state index is 0. The van der Waals surface area contributed by atoms with Crippen molar-refractivity contribution in [2.75, 3.05) is 13.1 Å². The van der Waals surface area contributed by atoms with Gasteiger partial charge >= 0.3 is 0 Å². The van der Waals surface area contributed by atoms with Crippen LogP contribution in [0.5, 0.6) is 0 Å². The lowest BCUT2D eigenvalue weighted by Crippen LogP contribution is -2.56. The molecule has 0 saturated carbocycles. The van der Waals surface area contributed by atoms with Crippen molar-refractivity contribution in [3.05, 3.63) is 18.0 Å². The second-order valence-corrected chi connectivity index (χ2v) is 7.03. The van der Waals surface area contributed by atoms with E-state index in [-0.39, 0.29) is 35.1 Å². The van der Waals surface area contributed by atoms with Crippen molar-refractivity contribution < 1.29 is 13.2 Å². The van der Waals surface area contributed by atoms with Crippen LogP contribution in [0.15, 0.2) is 17.2 Å². The van der Waals surface area contributed by atoms with Gasteiger partial charge in [0.05, 0.1) is 0 Å². The highest BCUT2D eigenvalue weighted by atomic mass is 35.5. The fourth-order valence-electron chi connectivity index (χ4n) is 2.42. The first-order chi connectivity index (χ1) is 9.25. The summed E-state index contributed by atoms with van der Waals surface area (Å²) in [5.74, 6) is -0.643. The average molecular weight is 337 g/mol. The Bertz CT molecular complexity index is 628. The summed E-state index contributed by atoms with van der Waals surface area (Å²) >= 11 is 0. The van der Waals surface area contributed by atoms with Crippen molar-refractivity contribution >= 4 is 28.3 Å². The molecule has 0 radical (unpaired) electrons. The number of nitrogens with zero attached hydrogens (tertiary/aromatic N) is 2. The first-order valence-corrected chi connectivity index (χ1v) is 7.90. The Kier molecular flexibility index (Phi) is 5.43. The van der Waals surface area contributed by atoms with E-state index in [0.717, 1.165) is 0 Å². The van der Waals surface area contributed by atoms with Gasteiger partial charge in [0.1, 0.15) is 10.6 Å². The van der Waals surface area contributed by atoms with Crippen LogP contribution in [0.3, 0.4) is 0 Å². The second kappa shape index (κ2) is 6.35. The van der Waals surface area contributed by atoms with E-state index in [4.69, 9.17) is 5.73 Å². The summed E-state index contributed by atoms with van der Waals surface area (Å²) in [6.07, 6.45) is 1.43. The molecule has 2 heterocycles. The third-order valence-corrected chi connectivity index (χ3v) is 5.77. The highest BCUT2D eigenvalue weighted by Gasteiger charge is 2.35. The summed E-state index contributed by atoms with van der Waals surface area (Å²) in [5, 5.41) is 3.23. The molecule has 0 spiro atoms. The van der Waals surface area contributed by atoms with Crippen LogP contribution in [0.2, 0.25) is 0 Å². The number of halogens is 1. The maximum absolute atomic E-state index is 12.7. The summed E-state index contributed by atoms with van der Waals surface area (Å²) in [4.78, 5) is 11.3. The standard InChI is InChI=1S/C12H20N4O3S.ClH/c1-8-9(2)16(5-4-14-8)20(18,19)10-6-11(12(13)17)15(3)7-10;/h6-9,14H,4-5H2,1-3H3,(H2,13,17);1H. The van der Waals surface area contributed by atoms with Gasteiger partial charge in [-0.15, -0.1) is 12.4 Å². The monoisotopic (exact) mass is 336 g/mol. The van der Waals surface area contributed by atoms with Crippen LogP contribution < -0.4 is 11.1 Å². The molecular formula is C12H21ClN4O3S. The zero-order chi connectivity index (χ0) is 15.1. The molecule has 21 heavy (non-hydrogen) atoms. The summed E-state index contributed by atoms with van der Waals surface area (Å²) in [6.45, 7) is 4.84. The lowest BCUT2D eigenvalue weighted by Gasteiger charge is -2.37. The molecule has 9 heteroatoms. The van der Waals surface area contributed by atoms with E-state index in [2.05, 4.69) is 5.32 Å². The lowest BCUT2D eigenvalue weighted by atomic mass is 10.1. The van der Waals surface area contributed by atoms with E-state index in [9.17, 15) is 13.2 Å². The van der Waals surface area contributed by atoms with Crippen molar-refractivity contribution in [2.45, 2.75) is 30.8 Å². The number of rotatable bonds is 3. The molecule has 1 aromatic rings. The predicted molar refractivity (Wildman–Crippen MR) is 82.0 cm³/mol. The molecule has 1 fully saturated rings. The molecule has 7 nitrogen and oxygen atoms in total. The Hall–Kier alpha value is -1.09. The van der Waals surface area contributed by atoms with Crippen LogP contribution in [-0.4, -0.2) is 48.4 Å². The zero-order valence-electron chi connectivity index (χ0n) is 12.2. The van der Waals surface area contributed by atoms with Crippen molar-refractivity contribution in [3.8, 4) is 0 Å². The highest BCUT2D eigenvalue weighted by molar-refractivity contribution is 7.89. The van der Waals surface area contributed by atoms with Gasteiger partial charge in [0.15, 0.2) is 0 Å². The van der Waals surface area contributed by atoms with E-state index in [0.29, 0.717) is 13.1 Å². The van der Waals surface area contributed by atoms with Gasteiger partial charge in [0.25, 0.3) is 5.91 Å². The normalized spacial score (nSPS) is 23.6. The number of aromatic nitrogens is 1. The minimum atomic E-state index is -3.61. The maximum Gasteiger partial charge on any atom is 0.265 e. The van der Waals surface area contributed by atoms with Gasteiger partial charge < -0.3 is 15.6 Å². The summed E-state index contributed by atoms with van der Waals surface area (Å²) in [6, 6.07) is 1.26. The van der Waals surface area contributed by atoms with Crippen LogP contribution in [-0.2, 0) is 17.1 Å². The maximum atomic E-state index is 12.7. The van der Waals surface area contributed by atoms with Crippen molar-refractivity contribution in [2.24, 2.45) is 12.8 Å². The minimum Gasteiger partial charge on any atom is -0.364 e. The van der Waals surface area contributed by atoms with Crippen molar-refractivity contribution in [3.63, 3.8) is 0 Å². The molecule has 120 valence electrons. The second-order valence-electron chi connectivity index (χ2n) is 5.14. The number of nitrogens with two attached hydrogens (primary N) is 1. The quantitative estimate of drug-likeness (QED) is 0.806. The van der Waals surface area contributed by atoms with Crippen LogP contribution in [0.4, 0.5) is 0 Å². The third-order valence-electron chi connectivity index (χ3n) is 3.82. The molecule has 0 bridgehead atoms. The largest absolute Gasteiger partial charge is 0.364 e. The van der Waals surface area contributed by atoms with E-state index >= 15 is 0 Å². The Morgan fingerprint density at radius 1 is 1.43 bits per heavy atom. The number of aryl methyl sites for hydroxylation is 1.